The van der Waals surface area contributed by atoms with Gasteiger partial charge in [-0.3, -0.25) is 4.79 Å². The molecule has 1 fully saturated rings. The van der Waals surface area contributed by atoms with E-state index in [1.165, 1.54) is 19.3 Å². The Balaban J connectivity index is 0.00000576. The molecular weight excluding hydrogens is 431 g/mol. The molecule has 1 amide bonds. The van der Waals surface area contributed by atoms with E-state index < -0.39 is 0 Å². The Morgan fingerprint density at radius 2 is 1.84 bits per heavy atom. The predicted octanol–water partition coefficient (Wildman–Crippen LogP) is 2.62. The fourth-order valence-corrected chi connectivity index (χ4v) is 2.81. The van der Waals surface area contributed by atoms with Crippen LogP contribution < -0.4 is 10.6 Å². The summed E-state index contributed by atoms with van der Waals surface area (Å²) < 4.78 is 5.60. The van der Waals surface area contributed by atoms with Crippen LogP contribution in [-0.4, -0.2) is 63.2 Å². The third kappa shape index (κ3) is 9.63. The first-order valence-corrected chi connectivity index (χ1v) is 9.02. The number of hydrogen-bond acceptors (Lipinski definition) is 3. The summed E-state index contributed by atoms with van der Waals surface area (Å²) in [5.41, 5.74) is 0.0388. The number of nitrogens with one attached hydrogen (secondary N) is 2. The number of halogens is 1. The minimum absolute atomic E-state index is 0. The number of nitrogens with zero attached hydrogens (tertiary/aromatic N) is 2. The number of carbonyl (C=O) groups is 1. The fraction of sp³-hybridized carbons (Fsp3) is 0.889. The summed E-state index contributed by atoms with van der Waals surface area (Å²) in [5, 5.41) is 6.86. The van der Waals surface area contributed by atoms with Crippen LogP contribution in [0.2, 0.25) is 0 Å². The van der Waals surface area contributed by atoms with Gasteiger partial charge < -0.3 is 20.3 Å². The van der Waals surface area contributed by atoms with Crippen LogP contribution in [0.4, 0.5) is 0 Å². The molecule has 0 bridgehead atoms. The second kappa shape index (κ2) is 11.9. The van der Waals surface area contributed by atoms with Crippen molar-refractivity contribution in [3.8, 4) is 0 Å². The third-order valence-corrected chi connectivity index (χ3v) is 4.52. The van der Waals surface area contributed by atoms with Crippen molar-refractivity contribution in [1.29, 1.82) is 0 Å². The van der Waals surface area contributed by atoms with Crippen LogP contribution in [-0.2, 0) is 9.53 Å². The maximum absolute atomic E-state index is 11.8. The molecule has 0 radical (unpaired) electrons. The average Bonchev–Trinajstić information content (AvgIpc) is 2.52. The maximum atomic E-state index is 11.8. The number of amides is 1. The zero-order valence-electron chi connectivity index (χ0n) is 16.7. The molecule has 0 aromatic heterocycles. The standard InChI is InChI=1S/C18H36N4O2.HI/c1-18(2,3)15(24-6)12-19-17(20-13-16(23)22(4)5)21-14-10-8-7-9-11-14;/h14-15H,7-13H2,1-6H3,(H2,19,20,21);1H. The van der Waals surface area contributed by atoms with E-state index >= 15 is 0 Å². The van der Waals surface area contributed by atoms with E-state index in [0.717, 1.165) is 12.8 Å². The molecule has 1 rings (SSSR count). The molecule has 0 aromatic carbocycles. The maximum Gasteiger partial charge on any atom is 0.243 e. The number of rotatable bonds is 6. The first-order valence-electron chi connectivity index (χ1n) is 9.02. The van der Waals surface area contributed by atoms with Gasteiger partial charge in [0.05, 0.1) is 6.10 Å². The minimum Gasteiger partial charge on any atom is -0.379 e. The number of aliphatic imine (C=N–C) groups is 1. The number of guanidine groups is 1. The van der Waals surface area contributed by atoms with E-state index in [4.69, 9.17) is 4.74 Å². The molecule has 148 valence electrons. The summed E-state index contributed by atoms with van der Waals surface area (Å²) in [5.74, 6) is 0.710. The zero-order chi connectivity index (χ0) is 18.2. The fourth-order valence-electron chi connectivity index (χ4n) is 2.81. The third-order valence-electron chi connectivity index (χ3n) is 4.52. The summed E-state index contributed by atoms with van der Waals surface area (Å²) in [6.45, 7) is 7.29. The Labute approximate surface area is 170 Å². The van der Waals surface area contributed by atoms with Crippen LogP contribution in [0.15, 0.2) is 4.99 Å². The van der Waals surface area contributed by atoms with Crippen LogP contribution >= 0.6 is 24.0 Å². The van der Waals surface area contributed by atoms with E-state index in [1.54, 1.807) is 26.1 Å². The van der Waals surface area contributed by atoms with Gasteiger partial charge in [0, 0.05) is 33.8 Å². The number of carbonyl (C=O) groups excluding carboxylic acids is 1. The van der Waals surface area contributed by atoms with E-state index in [9.17, 15) is 4.79 Å². The molecule has 1 unspecified atom stereocenters. The second-order valence-corrected chi connectivity index (χ2v) is 7.90. The molecular formula is C18H37IN4O2. The Bertz CT molecular complexity index is 416. The summed E-state index contributed by atoms with van der Waals surface area (Å²) in [4.78, 5) is 17.9. The molecule has 25 heavy (non-hydrogen) atoms. The van der Waals surface area contributed by atoms with Crippen LogP contribution in [0, 0.1) is 5.41 Å². The van der Waals surface area contributed by atoms with Crippen molar-refractivity contribution in [2.24, 2.45) is 10.4 Å². The van der Waals surface area contributed by atoms with Gasteiger partial charge in [-0.25, -0.2) is 4.99 Å². The van der Waals surface area contributed by atoms with Gasteiger partial charge in [0.2, 0.25) is 5.91 Å². The van der Waals surface area contributed by atoms with E-state index in [-0.39, 0.29) is 47.9 Å². The lowest BCUT2D eigenvalue weighted by atomic mass is 9.89. The molecule has 1 atom stereocenters. The molecule has 1 aliphatic carbocycles. The lowest BCUT2D eigenvalue weighted by molar-refractivity contribution is -0.127. The summed E-state index contributed by atoms with van der Waals surface area (Å²) >= 11 is 0. The normalized spacial score (nSPS) is 17.4. The van der Waals surface area contributed by atoms with Crippen molar-refractivity contribution in [2.75, 3.05) is 34.3 Å². The molecule has 1 aliphatic rings. The molecule has 0 aromatic rings. The lowest BCUT2D eigenvalue weighted by Crippen LogP contribution is -2.49. The van der Waals surface area contributed by atoms with Crippen LogP contribution in [0.1, 0.15) is 52.9 Å². The van der Waals surface area contributed by atoms with Gasteiger partial charge in [-0.1, -0.05) is 40.0 Å². The minimum atomic E-state index is -0.00106. The lowest BCUT2D eigenvalue weighted by Gasteiger charge is -2.31. The van der Waals surface area contributed by atoms with E-state index in [1.807, 2.05) is 0 Å². The monoisotopic (exact) mass is 468 g/mol. The molecule has 1 saturated carbocycles. The van der Waals surface area contributed by atoms with Gasteiger partial charge in [0.25, 0.3) is 0 Å². The van der Waals surface area contributed by atoms with Crippen LogP contribution in [0.3, 0.4) is 0 Å². The summed E-state index contributed by atoms with van der Waals surface area (Å²) in [6.07, 6.45) is 6.21. The Morgan fingerprint density at radius 1 is 1.24 bits per heavy atom. The van der Waals surface area contributed by atoms with Gasteiger partial charge in [-0.2, -0.15) is 0 Å². The molecule has 0 saturated heterocycles. The van der Waals surface area contributed by atoms with Gasteiger partial charge in [-0.15, -0.1) is 24.0 Å². The topological polar surface area (TPSA) is 66.0 Å². The molecule has 6 nitrogen and oxygen atoms in total. The zero-order valence-corrected chi connectivity index (χ0v) is 19.1. The summed E-state index contributed by atoms with van der Waals surface area (Å²) in [6, 6.07) is 0.440. The van der Waals surface area contributed by atoms with Crippen LogP contribution in [0.25, 0.3) is 0 Å². The highest BCUT2D eigenvalue weighted by atomic mass is 127. The second-order valence-electron chi connectivity index (χ2n) is 7.90. The number of methoxy groups -OCH3 is 1. The molecule has 0 heterocycles. The molecule has 2 N–H and O–H groups in total. The quantitative estimate of drug-likeness (QED) is 0.358. The molecule has 7 heteroatoms. The molecule has 0 spiro atoms. The van der Waals surface area contributed by atoms with Crippen molar-refractivity contribution in [3.05, 3.63) is 0 Å². The smallest absolute Gasteiger partial charge is 0.243 e. The van der Waals surface area contributed by atoms with E-state index in [0.29, 0.717) is 18.5 Å². The van der Waals surface area contributed by atoms with E-state index in [2.05, 4.69) is 36.4 Å². The first kappa shape index (κ1) is 24.4. The molecule has 0 aliphatic heterocycles. The number of likely N-dealkylation sites (N-methyl/N-ethyl adjacent to an activating group) is 1. The predicted molar refractivity (Wildman–Crippen MR) is 115 cm³/mol. The summed E-state index contributed by atoms with van der Waals surface area (Å²) in [7, 11) is 5.23. The Hall–Kier alpha value is -0.570. The number of hydrogen-bond donors (Lipinski definition) is 2. The highest BCUT2D eigenvalue weighted by Gasteiger charge is 2.25. The van der Waals surface area contributed by atoms with Gasteiger partial charge >= 0.3 is 0 Å². The van der Waals surface area contributed by atoms with Gasteiger partial charge in [0.1, 0.15) is 6.54 Å². The van der Waals surface area contributed by atoms with Crippen molar-refractivity contribution >= 4 is 35.8 Å². The van der Waals surface area contributed by atoms with Gasteiger partial charge in [0.15, 0.2) is 5.96 Å². The Morgan fingerprint density at radius 3 is 2.32 bits per heavy atom. The Kier molecular flexibility index (Phi) is 11.7. The highest BCUT2D eigenvalue weighted by Crippen LogP contribution is 2.21. The SMILES string of the molecule is COC(CNC(=NCC(=O)N(C)C)NC1CCCCC1)C(C)(C)C.I. The van der Waals surface area contributed by atoms with Crippen molar-refractivity contribution in [3.63, 3.8) is 0 Å². The van der Waals surface area contributed by atoms with Crippen LogP contribution in [0.5, 0.6) is 0 Å². The van der Waals surface area contributed by atoms with Crippen molar-refractivity contribution < 1.29 is 9.53 Å². The van der Waals surface area contributed by atoms with Gasteiger partial charge in [-0.05, 0) is 18.3 Å². The first-order chi connectivity index (χ1) is 11.2. The largest absolute Gasteiger partial charge is 0.379 e. The highest BCUT2D eigenvalue weighted by molar-refractivity contribution is 14.0. The van der Waals surface area contributed by atoms with Crippen molar-refractivity contribution in [2.45, 2.75) is 65.0 Å². The number of ether oxygens (including phenoxy) is 1. The average molecular weight is 468 g/mol. The van der Waals surface area contributed by atoms with Crippen molar-refractivity contribution in [1.82, 2.24) is 15.5 Å².